The van der Waals surface area contributed by atoms with Crippen LogP contribution in [-0.2, 0) is 11.3 Å². The molecule has 0 atom stereocenters. The van der Waals surface area contributed by atoms with Gasteiger partial charge in [-0.2, -0.15) is 5.10 Å². The van der Waals surface area contributed by atoms with E-state index in [1.807, 2.05) is 24.4 Å². The van der Waals surface area contributed by atoms with Gasteiger partial charge in [-0.15, -0.1) is 0 Å². The van der Waals surface area contributed by atoms with Crippen LogP contribution in [-0.4, -0.2) is 30.0 Å². The van der Waals surface area contributed by atoms with E-state index in [0.717, 1.165) is 44.8 Å². The van der Waals surface area contributed by atoms with Gasteiger partial charge in [-0.25, -0.2) is 0 Å². The molecule has 4 nitrogen and oxygen atoms in total. The number of ether oxygens (including phenoxy) is 1. The van der Waals surface area contributed by atoms with E-state index < -0.39 is 0 Å². The Balaban J connectivity index is 1.76. The quantitative estimate of drug-likeness (QED) is 0.691. The van der Waals surface area contributed by atoms with E-state index in [9.17, 15) is 0 Å². The molecular weight excluding hydrogens is 250 g/mol. The van der Waals surface area contributed by atoms with Crippen LogP contribution >= 0.6 is 0 Å². The van der Waals surface area contributed by atoms with Gasteiger partial charge in [0, 0.05) is 25.3 Å². The van der Waals surface area contributed by atoms with Crippen molar-refractivity contribution in [3.8, 4) is 11.3 Å². The molecule has 2 N–H and O–H groups in total. The number of rotatable bonds is 9. The van der Waals surface area contributed by atoms with Crippen LogP contribution in [0.25, 0.3) is 11.3 Å². The number of aromatic amines is 1. The minimum atomic E-state index is 0.828. The van der Waals surface area contributed by atoms with Gasteiger partial charge in [0.2, 0.25) is 0 Å². The summed E-state index contributed by atoms with van der Waals surface area (Å²) in [6, 6.07) is 10.3. The Hall–Kier alpha value is -1.65. The van der Waals surface area contributed by atoms with Crippen molar-refractivity contribution >= 4 is 0 Å². The fraction of sp³-hybridized carbons (Fsp3) is 0.438. The lowest BCUT2D eigenvalue weighted by Gasteiger charge is -2.06. The highest BCUT2D eigenvalue weighted by molar-refractivity contribution is 5.62. The third kappa shape index (κ3) is 4.47. The Kier molecular flexibility index (Phi) is 6.27. The maximum atomic E-state index is 5.45. The van der Waals surface area contributed by atoms with Gasteiger partial charge in [0.1, 0.15) is 0 Å². The van der Waals surface area contributed by atoms with E-state index in [0.29, 0.717) is 0 Å². The van der Waals surface area contributed by atoms with E-state index in [2.05, 4.69) is 34.6 Å². The predicted octanol–water partition coefficient (Wildman–Crippen LogP) is 2.98. The van der Waals surface area contributed by atoms with Gasteiger partial charge in [-0.1, -0.05) is 37.3 Å². The average Bonchev–Trinajstić information content (AvgIpc) is 2.96. The van der Waals surface area contributed by atoms with E-state index in [4.69, 9.17) is 4.74 Å². The van der Waals surface area contributed by atoms with Crippen molar-refractivity contribution in [2.75, 3.05) is 19.8 Å². The summed E-state index contributed by atoms with van der Waals surface area (Å²) in [7, 11) is 0. The summed E-state index contributed by atoms with van der Waals surface area (Å²) in [4.78, 5) is 0. The number of H-pyrrole nitrogens is 1. The number of nitrogens with one attached hydrogen (secondary N) is 2. The molecule has 0 unspecified atom stereocenters. The summed E-state index contributed by atoms with van der Waals surface area (Å²) in [5.74, 6) is 0. The normalized spacial score (nSPS) is 10.8. The van der Waals surface area contributed by atoms with Crippen molar-refractivity contribution in [3.05, 3.63) is 42.1 Å². The minimum Gasteiger partial charge on any atom is -0.381 e. The van der Waals surface area contributed by atoms with Gasteiger partial charge in [0.15, 0.2) is 0 Å². The Labute approximate surface area is 120 Å². The van der Waals surface area contributed by atoms with Crippen molar-refractivity contribution in [1.29, 1.82) is 0 Å². The van der Waals surface area contributed by atoms with Crippen molar-refractivity contribution in [3.63, 3.8) is 0 Å². The summed E-state index contributed by atoms with van der Waals surface area (Å²) in [6.07, 6.45) is 4.02. The van der Waals surface area contributed by atoms with E-state index >= 15 is 0 Å². The SMILES string of the molecule is CCCOCCCNCc1cn[nH]c1-c1ccccc1. The first-order valence-electron chi connectivity index (χ1n) is 7.28. The molecule has 0 bridgehead atoms. The average molecular weight is 273 g/mol. The second kappa shape index (κ2) is 8.51. The molecule has 1 aromatic carbocycles. The Morgan fingerprint density at radius 3 is 2.85 bits per heavy atom. The molecule has 0 radical (unpaired) electrons. The maximum absolute atomic E-state index is 5.45. The number of hydrogen-bond acceptors (Lipinski definition) is 3. The summed E-state index contributed by atoms with van der Waals surface area (Å²) < 4.78 is 5.45. The van der Waals surface area contributed by atoms with Crippen LogP contribution in [0.3, 0.4) is 0 Å². The summed E-state index contributed by atoms with van der Waals surface area (Å²) >= 11 is 0. The number of benzene rings is 1. The van der Waals surface area contributed by atoms with Gasteiger partial charge in [-0.05, 0) is 24.9 Å². The second-order valence-electron chi connectivity index (χ2n) is 4.78. The molecule has 4 heteroatoms. The van der Waals surface area contributed by atoms with E-state index in [-0.39, 0.29) is 0 Å². The van der Waals surface area contributed by atoms with Crippen molar-refractivity contribution < 1.29 is 4.74 Å². The minimum absolute atomic E-state index is 0.828. The van der Waals surface area contributed by atoms with Crippen LogP contribution in [0.5, 0.6) is 0 Å². The number of nitrogens with zero attached hydrogens (tertiary/aromatic N) is 1. The molecule has 0 saturated heterocycles. The molecule has 2 rings (SSSR count). The highest BCUT2D eigenvalue weighted by atomic mass is 16.5. The molecule has 0 fully saturated rings. The highest BCUT2D eigenvalue weighted by Crippen LogP contribution is 2.20. The molecule has 0 amide bonds. The number of hydrogen-bond donors (Lipinski definition) is 2. The highest BCUT2D eigenvalue weighted by Gasteiger charge is 2.06. The van der Waals surface area contributed by atoms with Gasteiger partial charge >= 0.3 is 0 Å². The van der Waals surface area contributed by atoms with Crippen LogP contribution in [0.15, 0.2) is 36.5 Å². The third-order valence-electron chi connectivity index (χ3n) is 3.09. The maximum Gasteiger partial charge on any atom is 0.0695 e. The number of aromatic nitrogens is 2. The second-order valence-corrected chi connectivity index (χ2v) is 4.78. The van der Waals surface area contributed by atoms with Crippen LogP contribution in [0.2, 0.25) is 0 Å². The standard InChI is InChI=1S/C16H23N3O/c1-2-10-20-11-6-9-17-12-15-13-18-19-16(15)14-7-4-3-5-8-14/h3-5,7-8,13,17H,2,6,9-12H2,1H3,(H,18,19). The third-order valence-corrected chi connectivity index (χ3v) is 3.09. The summed E-state index contributed by atoms with van der Waals surface area (Å²) in [6.45, 7) is 5.61. The molecule has 20 heavy (non-hydrogen) atoms. The molecule has 0 saturated carbocycles. The van der Waals surface area contributed by atoms with E-state index in [1.165, 1.54) is 11.1 Å². The van der Waals surface area contributed by atoms with Gasteiger partial charge in [-0.3, -0.25) is 5.10 Å². The van der Waals surface area contributed by atoms with Crippen LogP contribution in [0.4, 0.5) is 0 Å². The molecule has 1 aromatic heterocycles. The first kappa shape index (κ1) is 14.8. The monoisotopic (exact) mass is 273 g/mol. The first-order chi connectivity index (χ1) is 9.92. The van der Waals surface area contributed by atoms with Gasteiger partial charge < -0.3 is 10.1 Å². The molecule has 0 aliphatic heterocycles. The largest absolute Gasteiger partial charge is 0.381 e. The molecule has 2 aromatic rings. The zero-order valence-electron chi connectivity index (χ0n) is 12.1. The molecule has 108 valence electrons. The lowest BCUT2D eigenvalue weighted by molar-refractivity contribution is 0.132. The lowest BCUT2D eigenvalue weighted by Crippen LogP contribution is -2.16. The fourth-order valence-corrected chi connectivity index (χ4v) is 2.07. The summed E-state index contributed by atoms with van der Waals surface area (Å²) in [5, 5.41) is 10.7. The molecule has 0 aliphatic rings. The topological polar surface area (TPSA) is 49.9 Å². The van der Waals surface area contributed by atoms with Crippen LogP contribution in [0.1, 0.15) is 25.3 Å². The van der Waals surface area contributed by atoms with Gasteiger partial charge in [0.05, 0.1) is 11.9 Å². The zero-order chi connectivity index (χ0) is 14.0. The molecule has 1 heterocycles. The fourth-order valence-electron chi connectivity index (χ4n) is 2.07. The van der Waals surface area contributed by atoms with Crippen LogP contribution in [0, 0.1) is 0 Å². The van der Waals surface area contributed by atoms with Gasteiger partial charge in [0.25, 0.3) is 0 Å². The predicted molar refractivity (Wildman–Crippen MR) is 81.5 cm³/mol. The molecular formula is C16H23N3O. The van der Waals surface area contributed by atoms with Crippen molar-refractivity contribution in [2.24, 2.45) is 0 Å². The van der Waals surface area contributed by atoms with Crippen molar-refractivity contribution in [1.82, 2.24) is 15.5 Å². The molecule has 0 aliphatic carbocycles. The Morgan fingerprint density at radius 2 is 2.05 bits per heavy atom. The van der Waals surface area contributed by atoms with Crippen molar-refractivity contribution in [2.45, 2.75) is 26.3 Å². The Bertz CT molecular complexity index is 481. The molecule has 0 spiro atoms. The Morgan fingerprint density at radius 1 is 1.20 bits per heavy atom. The summed E-state index contributed by atoms with van der Waals surface area (Å²) in [5.41, 5.74) is 3.47. The lowest BCUT2D eigenvalue weighted by atomic mass is 10.1. The van der Waals surface area contributed by atoms with E-state index in [1.54, 1.807) is 0 Å². The smallest absolute Gasteiger partial charge is 0.0695 e. The van der Waals surface area contributed by atoms with Crippen LogP contribution < -0.4 is 5.32 Å². The zero-order valence-corrected chi connectivity index (χ0v) is 12.1. The first-order valence-corrected chi connectivity index (χ1v) is 7.28.